The summed E-state index contributed by atoms with van der Waals surface area (Å²) in [4.78, 5) is 37.9. The highest BCUT2D eigenvalue weighted by Crippen LogP contribution is 2.15. The normalized spacial score (nSPS) is 10.2. The first-order valence-electron chi connectivity index (χ1n) is 10.1. The molecule has 0 aliphatic rings. The molecule has 2 aromatic rings. The Kier molecular flexibility index (Phi) is 9.16. The Morgan fingerprint density at radius 2 is 1.69 bits per heavy atom. The number of carbonyl (C=O) groups excluding carboxylic acids is 3. The predicted molar refractivity (Wildman–Crippen MR) is 121 cm³/mol. The van der Waals surface area contributed by atoms with Gasteiger partial charge in [-0.25, -0.2) is 4.79 Å². The first-order chi connectivity index (χ1) is 15.3. The Balaban J connectivity index is 1.91. The number of hydrogen-bond acceptors (Lipinski definition) is 6. The Labute approximate surface area is 187 Å². The fourth-order valence-corrected chi connectivity index (χ4v) is 2.86. The van der Waals surface area contributed by atoms with Crippen molar-refractivity contribution in [1.29, 1.82) is 5.41 Å². The maximum atomic E-state index is 12.5. The van der Waals surface area contributed by atoms with Gasteiger partial charge < -0.3 is 20.1 Å². The molecule has 0 saturated carbocycles. The van der Waals surface area contributed by atoms with Crippen molar-refractivity contribution in [2.24, 2.45) is 5.73 Å². The lowest BCUT2D eigenvalue weighted by Gasteiger charge is -2.20. The monoisotopic (exact) mass is 437 g/mol. The van der Waals surface area contributed by atoms with Crippen LogP contribution in [0.2, 0.25) is 0 Å². The number of ether oxygens (including phenoxy) is 2. The van der Waals surface area contributed by atoms with Crippen molar-refractivity contribution in [3.63, 3.8) is 0 Å². The van der Waals surface area contributed by atoms with Crippen molar-refractivity contribution in [1.82, 2.24) is 4.90 Å². The van der Waals surface area contributed by atoms with Crippen molar-refractivity contribution >= 4 is 23.7 Å². The lowest BCUT2D eigenvalue weighted by Crippen LogP contribution is -2.36. The van der Waals surface area contributed by atoms with E-state index >= 15 is 0 Å². The van der Waals surface area contributed by atoms with Crippen molar-refractivity contribution in [3.05, 3.63) is 77.9 Å². The highest BCUT2D eigenvalue weighted by molar-refractivity contribution is 5.95. The zero-order chi connectivity index (χ0) is 23.5. The van der Waals surface area contributed by atoms with Gasteiger partial charge in [-0.1, -0.05) is 18.2 Å². The van der Waals surface area contributed by atoms with Gasteiger partial charge in [-0.15, -0.1) is 6.58 Å². The van der Waals surface area contributed by atoms with Gasteiger partial charge in [-0.05, 0) is 55.3 Å². The van der Waals surface area contributed by atoms with Gasteiger partial charge in [0, 0.05) is 18.5 Å². The third-order valence-corrected chi connectivity index (χ3v) is 4.52. The standard InChI is InChI=1S/C24H27N3O5/c1-3-15-27(16-22(29)31-4-2)21(28)14-7-17-5-8-19(9-6-17)24(30)32-20-12-10-18(11-13-20)23(25)26/h3,5-6,8-13H,1,4,7,14-16H2,2H3,(H3,25,26). The van der Waals surface area contributed by atoms with Crippen LogP contribution in [-0.4, -0.2) is 48.3 Å². The molecule has 2 aromatic carbocycles. The van der Waals surface area contributed by atoms with Gasteiger partial charge in [-0.2, -0.15) is 0 Å². The number of amidine groups is 1. The molecule has 8 heteroatoms. The van der Waals surface area contributed by atoms with Gasteiger partial charge in [0.15, 0.2) is 0 Å². The molecule has 1 amide bonds. The summed E-state index contributed by atoms with van der Waals surface area (Å²) in [5, 5.41) is 7.38. The molecule has 0 spiro atoms. The third kappa shape index (κ3) is 7.39. The number of hydrogen-bond donors (Lipinski definition) is 2. The van der Waals surface area contributed by atoms with Crippen LogP contribution in [0.3, 0.4) is 0 Å². The molecule has 32 heavy (non-hydrogen) atoms. The summed E-state index contributed by atoms with van der Waals surface area (Å²) < 4.78 is 10.2. The summed E-state index contributed by atoms with van der Waals surface area (Å²) >= 11 is 0. The van der Waals surface area contributed by atoms with E-state index in [2.05, 4.69) is 6.58 Å². The molecule has 0 atom stereocenters. The molecular formula is C24H27N3O5. The lowest BCUT2D eigenvalue weighted by molar-refractivity contribution is -0.148. The Morgan fingerprint density at radius 1 is 1.06 bits per heavy atom. The fourth-order valence-electron chi connectivity index (χ4n) is 2.86. The number of amides is 1. The van der Waals surface area contributed by atoms with E-state index in [-0.39, 0.29) is 37.9 Å². The number of aryl methyl sites for hydroxylation is 1. The van der Waals surface area contributed by atoms with Gasteiger partial charge in [0.25, 0.3) is 0 Å². The molecule has 0 aliphatic heterocycles. The number of nitrogen functional groups attached to an aromatic ring is 1. The number of esters is 2. The van der Waals surface area contributed by atoms with Crippen LogP contribution in [0.4, 0.5) is 0 Å². The van der Waals surface area contributed by atoms with Crippen LogP contribution in [0.15, 0.2) is 61.2 Å². The van der Waals surface area contributed by atoms with E-state index in [0.717, 1.165) is 5.56 Å². The number of benzene rings is 2. The second-order valence-corrected chi connectivity index (χ2v) is 6.89. The summed E-state index contributed by atoms with van der Waals surface area (Å²) in [5.41, 5.74) is 7.18. The topological polar surface area (TPSA) is 123 Å². The average Bonchev–Trinajstić information content (AvgIpc) is 2.78. The van der Waals surface area contributed by atoms with E-state index < -0.39 is 11.9 Å². The summed E-state index contributed by atoms with van der Waals surface area (Å²) in [5.74, 6) is -0.879. The summed E-state index contributed by atoms with van der Waals surface area (Å²) in [6.07, 6.45) is 2.22. The molecule has 168 valence electrons. The maximum absolute atomic E-state index is 12.5. The SMILES string of the molecule is C=CCN(CC(=O)OCC)C(=O)CCc1ccc(C(=O)Oc2ccc(C(=N)N)cc2)cc1. The highest BCUT2D eigenvalue weighted by atomic mass is 16.5. The fraction of sp³-hybridized carbons (Fsp3) is 0.250. The largest absolute Gasteiger partial charge is 0.465 e. The zero-order valence-electron chi connectivity index (χ0n) is 18.0. The summed E-state index contributed by atoms with van der Waals surface area (Å²) in [6.45, 7) is 5.73. The van der Waals surface area contributed by atoms with Gasteiger partial charge in [0.2, 0.25) is 5.91 Å². The first-order valence-corrected chi connectivity index (χ1v) is 10.1. The van der Waals surface area contributed by atoms with Gasteiger partial charge >= 0.3 is 11.9 Å². The molecule has 0 aromatic heterocycles. The van der Waals surface area contributed by atoms with Crippen LogP contribution in [0.5, 0.6) is 5.75 Å². The Morgan fingerprint density at radius 3 is 2.25 bits per heavy atom. The van der Waals surface area contributed by atoms with Crippen molar-refractivity contribution in [3.8, 4) is 5.75 Å². The van der Waals surface area contributed by atoms with Gasteiger partial charge in [0.05, 0.1) is 12.2 Å². The maximum Gasteiger partial charge on any atom is 0.343 e. The van der Waals surface area contributed by atoms with Gasteiger partial charge in [-0.3, -0.25) is 15.0 Å². The third-order valence-electron chi connectivity index (χ3n) is 4.52. The van der Waals surface area contributed by atoms with E-state index in [4.69, 9.17) is 20.6 Å². The van der Waals surface area contributed by atoms with Gasteiger partial charge in [0.1, 0.15) is 18.1 Å². The first kappa shape index (κ1) is 24.3. The molecule has 0 unspecified atom stereocenters. The lowest BCUT2D eigenvalue weighted by atomic mass is 10.1. The molecule has 0 aliphatic carbocycles. The van der Waals surface area contributed by atoms with Crippen LogP contribution in [0.1, 0.15) is 34.8 Å². The minimum Gasteiger partial charge on any atom is -0.465 e. The Bertz CT molecular complexity index is 968. The molecule has 0 saturated heterocycles. The van der Waals surface area contributed by atoms with Crippen LogP contribution in [-0.2, 0) is 20.7 Å². The van der Waals surface area contributed by atoms with Crippen LogP contribution < -0.4 is 10.5 Å². The molecule has 3 N–H and O–H groups in total. The van der Waals surface area contributed by atoms with Crippen LogP contribution >= 0.6 is 0 Å². The van der Waals surface area contributed by atoms with Crippen molar-refractivity contribution in [2.45, 2.75) is 19.8 Å². The van der Waals surface area contributed by atoms with Crippen molar-refractivity contribution in [2.75, 3.05) is 19.7 Å². The quantitative estimate of drug-likeness (QED) is 0.183. The predicted octanol–water partition coefficient (Wildman–Crippen LogP) is 2.70. The molecule has 8 nitrogen and oxygen atoms in total. The highest BCUT2D eigenvalue weighted by Gasteiger charge is 2.17. The Hall–Kier alpha value is -3.94. The second-order valence-electron chi connectivity index (χ2n) is 6.89. The van der Waals surface area contributed by atoms with Crippen LogP contribution in [0, 0.1) is 5.41 Å². The average molecular weight is 437 g/mol. The van der Waals surface area contributed by atoms with Crippen molar-refractivity contribution < 1.29 is 23.9 Å². The minimum absolute atomic E-state index is 0.0644. The summed E-state index contributed by atoms with van der Waals surface area (Å²) in [6, 6.07) is 13.1. The van der Waals surface area contributed by atoms with E-state index in [1.54, 1.807) is 61.5 Å². The molecule has 0 fully saturated rings. The number of nitrogens with zero attached hydrogens (tertiary/aromatic N) is 1. The number of nitrogens with one attached hydrogen (secondary N) is 1. The minimum atomic E-state index is -0.519. The summed E-state index contributed by atoms with van der Waals surface area (Å²) in [7, 11) is 0. The van der Waals surface area contributed by atoms with E-state index in [1.165, 1.54) is 4.90 Å². The molecule has 0 heterocycles. The molecule has 0 radical (unpaired) electrons. The molecule has 2 rings (SSSR count). The van der Waals surface area contributed by atoms with Crippen LogP contribution in [0.25, 0.3) is 0 Å². The van der Waals surface area contributed by atoms with E-state index in [0.29, 0.717) is 23.3 Å². The number of nitrogens with two attached hydrogens (primary N) is 1. The molecular weight excluding hydrogens is 410 g/mol. The van der Waals surface area contributed by atoms with E-state index in [1.807, 2.05) is 0 Å². The zero-order valence-corrected chi connectivity index (χ0v) is 18.0. The molecule has 0 bridgehead atoms. The number of rotatable bonds is 11. The number of carbonyl (C=O) groups is 3. The smallest absolute Gasteiger partial charge is 0.343 e. The van der Waals surface area contributed by atoms with E-state index in [9.17, 15) is 14.4 Å². The second kappa shape index (κ2) is 12.0.